The average molecular weight is 302 g/mol. The van der Waals surface area contributed by atoms with E-state index in [1.807, 2.05) is 20.8 Å². The zero-order valence-electron chi connectivity index (χ0n) is 12.7. The van der Waals surface area contributed by atoms with Crippen LogP contribution in [0.5, 0.6) is 0 Å². The molecule has 2 rings (SSSR count). The van der Waals surface area contributed by atoms with Crippen LogP contribution in [0.15, 0.2) is 36.9 Å². The van der Waals surface area contributed by atoms with Gasteiger partial charge in [-0.05, 0) is 45.0 Å². The van der Waals surface area contributed by atoms with E-state index in [2.05, 4.69) is 15.4 Å². The lowest BCUT2D eigenvalue weighted by Gasteiger charge is -2.20. The molecule has 0 unspecified atom stereocenters. The SMILES string of the molecule is CC(C)(C)NC(=O)COC(=O)c1ccc(-n2cncn2)cc1. The molecule has 1 aromatic carbocycles. The van der Waals surface area contributed by atoms with Gasteiger partial charge in [0, 0.05) is 5.54 Å². The number of benzene rings is 1. The average Bonchev–Trinajstić information content (AvgIpc) is 2.97. The Bertz CT molecular complexity index is 642. The summed E-state index contributed by atoms with van der Waals surface area (Å²) in [4.78, 5) is 27.3. The molecule has 1 N–H and O–H groups in total. The van der Waals surface area contributed by atoms with E-state index in [-0.39, 0.29) is 18.1 Å². The number of nitrogens with zero attached hydrogens (tertiary/aromatic N) is 3. The van der Waals surface area contributed by atoms with Gasteiger partial charge in [-0.3, -0.25) is 4.79 Å². The summed E-state index contributed by atoms with van der Waals surface area (Å²) in [7, 11) is 0. The van der Waals surface area contributed by atoms with Crippen LogP contribution in [0.3, 0.4) is 0 Å². The zero-order chi connectivity index (χ0) is 16.2. The fourth-order valence-electron chi connectivity index (χ4n) is 1.76. The summed E-state index contributed by atoms with van der Waals surface area (Å²) in [5.41, 5.74) is 0.787. The van der Waals surface area contributed by atoms with Crippen molar-refractivity contribution in [1.82, 2.24) is 20.1 Å². The van der Waals surface area contributed by atoms with E-state index >= 15 is 0 Å². The number of carbonyl (C=O) groups excluding carboxylic acids is 2. The summed E-state index contributed by atoms with van der Waals surface area (Å²) in [6.45, 7) is 5.27. The Morgan fingerprint density at radius 3 is 2.45 bits per heavy atom. The molecular weight excluding hydrogens is 284 g/mol. The van der Waals surface area contributed by atoms with E-state index in [9.17, 15) is 9.59 Å². The van der Waals surface area contributed by atoms with Gasteiger partial charge in [0.2, 0.25) is 0 Å². The van der Waals surface area contributed by atoms with Crippen molar-refractivity contribution in [3.05, 3.63) is 42.5 Å². The maximum atomic E-state index is 11.9. The van der Waals surface area contributed by atoms with Gasteiger partial charge in [0.1, 0.15) is 12.7 Å². The van der Waals surface area contributed by atoms with Crippen LogP contribution in [0.4, 0.5) is 0 Å². The van der Waals surface area contributed by atoms with Crippen LogP contribution in [-0.2, 0) is 9.53 Å². The number of aromatic nitrogens is 3. The molecule has 0 saturated carbocycles. The highest BCUT2D eigenvalue weighted by molar-refractivity contribution is 5.91. The lowest BCUT2D eigenvalue weighted by molar-refractivity contribution is -0.125. The van der Waals surface area contributed by atoms with Gasteiger partial charge in [-0.15, -0.1) is 0 Å². The van der Waals surface area contributed by atoms with Gasteiger partial charge in [0.25, 0.3) is 5.91 Å². The molecule has 1 aromatic heterocycles. The van der Waals surface area contributed by atoms with Crippen molar-refractivity contribution < 1.29 is 14.3 Å². The summed E-state index contributed by atoms with van der Waals surface area (Å²) in [5, 5.41) is 6.71. The van der Waals surface area contributed by atoms with Crippen LogP contribution in [0.2, 0.25) is 0 Å². The number of hydrogen-bond donors (Lipinski definition) is 1. The molecule has 22 heavy (non-hydrogen) atoms. The first kappa shape index (κ1) is 15.7. The van der Waals surface area contributed by atoms with Crippen molar-refractivity contribution in [2.24, 2.45) is 0 Å². The predicted molar refractivity (Wildman–Crippen MR) is 79.5 cm³/mol. The van der Waals surface area contributed by atoms with E-state index in [4.69, 9.17) is 4.74 Å². The Balaban J connectivity index is 1.92. The second-order valence-electron chi connectivity index (χ2n) is 5.76. The standard InChI is InChI=1S/C15H18N4O3/c1-15(2,3)18-13(20)8-22-14(21)11-4-6-12(7-5-11)19-10-16-9-17-19/h4-7,9-10H,8H2,1-3H3,(H,18,20). The molecule has 7 heteroatoms. The Labute approximate surface area is 128 Å². The third kappa shape index (κ3) is 4.41. The minimum atomic E-state index is -0.547. The van der Waals surface area contributed by atoms with Gasteiger partial charge in [0.15, 0.2) is 6.61 Å². The van der Waals surface area contributed by atoms with Crippen LogP contribution >= 0.6 is 0 Å². The van der Waals surface area contributed by atoms with Crippen LogP contribution in [0.25, 0.3) is 5.69 Å². The Hall–Kier alpha value is -2.70. The Morgan fingerprint density at radius 2 is 1.91 bits per heavy atom. The summed E-state index contributed by atoms with van der Waals surface area (Å²) >= 11 is 0. The van der Waals surface area contributed by atoms with E-state index in [1.165, 1.54) is 6.33 Å². The number of rotatable bonds is 4. The minimum absolute atomic E-state index is 0.305. The molecule has 0 bridgehead atoms. The molecule has 0 saturated heterocycles. The number of nitrogens with one attached hydrogen (secondary N) is 1. The second kappa shape index (κ2) is 6.38. The lowest BCUT2D eigenvalue weighted by Crippen LogP contribution is -2.42. The summed E-state index contributed by atoms with van der Waals surface area (Å²) < 4.78 is 6.56. The highest BCUT2D eigenvalue weighted by Gasteiger charge is 2.16. The van der Waals surface area contributed by atoms with Crippen molar-refractivity contribution in [1.29, 1.82) is 0 Å². The Kier molecular flexibility index (Phi) is 4.55. The van der Waals surface area contributed by atoms with Crippen molar-refractivity contribution >= 4 is 11.9 Å². The van der Waals surface area contributed by atoms with E-state index in [1.54, 1.807) is 35.3 Å². The molecule has 0 spiro atoms. The maximum Gasteiger partial charge on any atom is 0.338 e. The van der Waals surface area contributed by atoms with Crippen molar-refractivity contribution in [3.63, 3.8) is 0 Å². The molecule has 1 amide bonds. The quantitative estimate of drug-likeness (QED) is 0.861. The molecule has 1 heterocycles. The number of hydrogen-bond acceptors (Lipinski definition) is 5. The number of carbonyl (C=O) groups is 2. The van der Waals surface area contributed by atoms with Crippen molar-refractivity contribution in [2.45, 2.75) is 26.3 Å². The largest absolute Gasteiger partial charge is 0.452 e. The summed E-state index contributed by atoms with van der Waals surface area (Å²) in [5.74, 6) is -0.880. The molecule has 0 aliphatic heterocycles. The first-order valence-corrected chi connectivity index (χ1v) is 6.78. The number of esters is 1. The number of amides is 1. The fourth-order valence-corrected chi connectivity index (χ4v) is 1.76. The topological polar surface area (TPSA) is 86.1 Å². The highest BCUT2D eigenvalue weighted by Crippen LogP contribution is 2.09. The first-order chi connectivity index (χ1) is 10.3. The monoisotopic (exact) mass is 302 g/mol. The van der Waals surface area contributed by atoms with Gasteiger partial charge in [-0.25, -0.2) is 14.5 Å². The van der Waals surface area contributed by atoms with Crippen molar-refractivity contribution in [3.8, 4) is 5.69 Å². The molecule has 116 valence electrons. The molecule has 0 aliphatic carbocycles. The molecule has 0 atom stereocenters. The van der Waals surface area contributed by atoms with Crippen LogP contribution in [0, 0.1) is 0 Å². The molecule has 2 aromatic rings. The molecule has 0 fully saturated rings. The molecule has 0 radical (unpaired) electrons. The van der Waals surface area contributed by atoms with Crippen LogP contribution in [0.1, 0.15) is 31.1 Å². The van der Waals surface area contributed by atoms with Crippen LogP contribution in [-0.4, -0.2) is 38.8 Å². The smallest absolute Gasteiger partial charge is 0.338 e. The van der Waals surface area contributed by atoms with Gasteiger partial charge in [-0.1, -0.05) is 0 Å². The van der Waals surface area contributed by atoms with E-state index in [0.717, 1.165) is 5.69 Å². The third-order valence-electron chi connectivity index (χ3n) is 2.64. The minimum Gasteiger partial charge on any atom is -0.452 e. The summed E-state index contributed by atoms with van der Waals surface area (Å²) in [6.07, 6.45) is 2.99. The Morgan fingerprint density at radius 1 is 1.23 bits per heavy atom. The lowest BCUT2D eigenvalue weighted by atomic mass is 10.1. The van der Waals surface area contributed by atoms with Gasteiger partial charge in [-0.2, -0.15) is 5.10 Å². The zero-order valence-corrected chi connectivity index (χ0v) is 12.7. The van der Waals surface area contributed by atoms with E-state index in [0.29, 0.717) is 5.56 Å². The first-order valence-electron chi connectivity index (χ1n) is 6.78. The van der Waals surface area contributed by atoms with E-state index < -0.39 is 5.97 Å². The van der Waals surface area contributed by atoms with Gasteiger partial charge < -0.3 is 10.1 Å². The summed E-state index contributed by atoms with van der Waals surface area (Å²) in [6, 6.07) is 6.67. The molecule has 0 aliphatic rings. The number of ether oxygens (including phenoxy) is 1. The molecule has 7 nitrogen and oxygen atoms in total. The van der Waals surface area contributed by atoms with Gasteiger partial charge >= 0.3 is 5.97 Å². The highest BCUT2D eigenvalue weighted by atomic mass is 16.5. The van der Waals surface area contributed by atoms with Crippen molar-refractivity contribution in [2.75, 3.05) is 6.61 Å². The predicted octanol–water partition coefficient (Wildman–Crippen LogP) is 1.34. The van der Waals surface area contributed by atoms with Crippen LogP contribution < -0.4 is 5.32 Å². The second-order valence-corrected chi connectivity index (χ2v) is 5.76. The molecular formula is C15H18N4O3. The van der Waals surface area contributed by atoms with Gasteiger partial charge in [0.05, 0.1) is 11.3 Å². The normalized spacial score (nSPS) is 11.0. The third-order valence-corrected chi connectivity index (χ3v) is 2.64. The fraction of sp³-hybridized carbons (Fsp3) is 0.333. The maximum absolute atomic E-state index is 11.9.